The van der Waals surface area contributed by atoms with Crippen LogP contribution in [0.2, 0.25) is 0 Å². The molecule has 2 aliphatic rings. The number of carbonyl (C=O) groups excluding carboxylic acids is 1. The van der Waals surface area contributed by atoms with E-state index in [0.717, 1.165) is 75.1 Å². The van der Waals surface area contributed by atoms with E-state index in [2.05, 4.69) is 32.3 Å². The van der Waals surface area contributed by atoms with Crippen LogP contribution in [0.1, 0.15) is 59.8 Å². The fraction of sp³-hybridized carbons (Fsp3) is 0.412. The summed E-state index contributed by atoms with van der Waals surface area (Å²) in [6.45, 7) is 5.94. The number of carbonyl (C=O) groups is 1. The van der Waals surface area contributed by atoms with Crippen LogP contribution >= 0.6 is 11.3 Å². The Kier molecular flexibility index (Phi) is 8.67. The number of halogens is 2. The Labute approximate surface area is 269 Å². The Morgan fingerprint density at radius 3 is 2.67 bits per heavy atom. The van der Waals surface area contributed by atoms with Crippen molar-refractivity contribution in [2.75, 3.05) is 31.6 Å². The number of benzene rings is 2. The Bertz CT molecular complexity index is 1830. The molecule has 1 saturated heterocycles. The Morgan fingerprint density at radius 1 is 1.15 bits per heavy atom. The minimum absolute atomic E-state index is 0.119. The fourth-order valence-electron chi connectivity index (χ4n) is 6.85. The molecule has 2 aliphatic heterocycles. The number of aromatic nitrogens is 5. The average molecular weight is 646 g/mol. The Morgan fingerprint density at radius 2 is 1.96 bits per heavy atom. The highest BCUT2D eigenvalue weighted by Gasteiger charge is 2.33. The molecule has 1 fully saturated rings. The van der Waals surface area contributed by atoms with Crippen molar-refractivity contribution < 1.29 is 18.7 Å². The summed E-state index contributed by atoms with van der Waals surface area (Å²) >= 11 is 1.30. The van der Waals surface area contributed by atoms with Crippen LogP contribution in [-0.4, -0.2) is 66.5 Å². The number of likely N-dealkylation sites (tertiary alicyclic amines) is 1. The monoisotopic (exact) mass is 645 g/mol. The molecule has 46 heavy (non-hydrogen) atoms. The number of imidazole rings is 1. The van der Waals surface area contributed by atoms with Crippen molar-refractivity contribution in [1.82, 2.24) is 29.2 Å². The summed E-state index contributed by atoms with van der Waals surface area (Å²) in [4.78, 5) is 25.0. The molecule has 1 amide bonds. The molecule has 7 rings (SSSR count). The number of fused-ring (bicyclic) bond motifs is 2. The van der Waals surface area contributed by atoms with Gasteiger partial charge in [0.25, 0.3) is 12.3 Å². The van der Waals surface area contributed by atoms with E-state index in [1.807, 2.05) is 23.6 Å². The van der Waals surface area contributed by atoms with Gasteiger partial charge in [-0.3, -0.25) is 14.8 Å². The molecule has 1 unspecified atom stereocenters. The van der Waals surface area contributed by atoms with E-state index in [-0.39, 0.29) is 18.1 Å². The number of aliphatic hydroxyl groups is 1. The number of aryl methyl sites for hydroxylation is 2. The highest BCUT2D eigenvalue weighted by Crippen LogP contribution is 2.38. The number of thiazole rings is 1. The van der Waals surface area contributed by atoms with E-state index in [1.54, 1.807) is 30.2 Å². The molecule has 12 heteroatoms. The maximum Gasteiger partial charge on any atom is 0.264 e. The third-order valence-electron chi connectivity index (χ3n) is 9.51. The lowest BCUT2D eigenvalue weighted by Crippen LogP contribution is -2.36. The highest BCUT2D eigenvalue weighted by molar-refractivity contribution is 7.13. The number of nitrogens with zero attached hydrogens (tertiary/aromatic N) is 6. The quantitative estimate of drug-likeness (QED) is 0.193. The second kappa shape index (κ2) is 13.0. The van der Waals surface area contributed by atoms with E-state index >= 15 is 0 Å². The molecule has 240 valence electrons. The minimum atomic E-state index is -2.73. The number of nitrogens with one attached hydrogen (secondary N) is 1. The number of hydrogen-bond donors (Lipinski definition) is 2. The van der Waals surface area contributed by atoms with Crippen LogP contribution in [0.5, 0.6) is 0 Å². The summed E-state index contributed by atoms with van der Waals surface area (Å²) in [5.41, 5.74) is 5.34. The highest BCUT2D eigenvalue weighted by atomic mass is 32.1. The van der Waals surface area contributed by atoms with Gasteiger partial charge in [-0.2, -0.15) is 5.10 Å². The summed E-state index contributed by atoms with van der Waals surface area (Å²) in [5, 5.41) is 19.6. The lowest BCUT2D eigenvalue weighted by Gasteiger charge is -2.31. The smallest absolute Gasteiger partial charge is 0.264 e. The Balaban J connectivity index is 1.20. The van der Waals surface area contributed by atoms with Gasteiger partial charge in [-0.1, -0.05) is 24.3 Å². The molecule has 5 heterocycles. The largest absolute Gasteiger partial charge is 0.396 e. The second-order valence-electron chi connectivity index (χ2n) is 12.3. The number of alkyl halides is 2. The van der Waals surface area contributed by atoms with Crippen LogP contribution in [0, 0.1) is 12.8 Å². The normalized spacial score (nSPS) is 16.4. The van der Waals surface area contributed by atoms with Crippen LogP contribution in [0.15, 0.2) is 54.4 Å². The fourth-order valence-corrected chi connectivity index (χ4v) is 7.39. The van der Waals surface area contributed by atoms with Gasteiger partial charge >= 0.3 is 0 Å². The maximum absolute atomic E-state index is 14.6. The predicted molar refractivity (Wildman–Crippen MR) is 174 cm³/mol. The first-order chi connectivity index (χ1) is 22.4. The first-order valence-electron chi connectivity index (χ1n) is 15.9. The molecule has 0 spiro atoms. The zero-order valence-corrected chi connectivity index (χ0v) is 26.5. The van der Waals surface area contributed by atoms with Crippen LogP contribution in [0.3, 0.4) is 0 Å². The summed E-state index contributed by atoms with van der Waals surface area (Å²) in [5.74, 6) is 0.0414. The van der Waals surface area contributed by atoms with Crippen molar-refractivity contribution >= 4 is 33.3 Å². The molecule has 2 aromatic carbocycles. The molecule has 9 nitrogen and oxygen atoms in total. The summed E-state index contributed by atoms with van der Waals surface area (Å²) in [7, 11) is 0. The van der Waals surface area contributed by atoms with E-state index in [1.165, 1.54) is 21.6 Å². The first kappa shape index (κ1) is 30.6. The number of hydrogen-bond acceptors (Lipinski definition) is 7. The maximum atomic E-state index is 14.6. The van der Waals surface area contributed by atoms with Gasteiger partial charge in [-0.25, -0.2) is 18.7 Å². The Hall–Kier alpha value is -4.00. The molecular weight excluding hydrogens is 608 g/mol. The van der Waals surface area contributed by atoms with Crippen LogP contribution in [0.25, 0.3) is 22.0 Å². The molecule has 0 saturated carbocycles. The van der Waals surface area contributed by atoms with Crippen LogP contribution in [0.4, 0.5) is 13.9 Å². The van der Waals surface area contributed by atoms with E-state index < -0.39 is 12.5 Å². The van der Waals surface area contributed by atoms with Crippen molar-refractivity contribution in [3.8, 4) is 11.1 Å². The standard InChI is InChI=1S/C34H37F2N7O2S/c1-21-25(24-6-4-22(5-7-24)8-13-41-14-9-23(19-44)10-15-41)17-26(32(35)36)27-18-43(40-29(21)27)31(33(45)39-34-37-11-16-46-34)30-28-3-2-12-42(28)20-38-30/h4-7,11,16-18,20,23,31-32,44H,2-3,8-10,12-15,19H2,1H3,(H,37,39,45). The molecule has 3 aromatic heterocycles. The molecule has 0 radical (unpaired) electrons. The second-order valence-corrected chi connectivity index (χ2v) is 13.2. The lowest BCUT2D eigenvalue weighted by atomic mass is 9.94. The van der Waals surface area contributed by atoms with Crippen molar-refractivity contribution in [3.05, 3.63) is 82.5 Å². The summed E-state index contributed by atoms with van der Waals surface area (Å²) in [6.07, 6.45) is 6.87. The van der Waals surface area contributed by atoms with Crippen LogP contribution < -0.4 is 5.32 Å². The summed E-state index contributed by atoms with van der Waals surface area (Å²) < 4.78 is 32.8. The minimum Gasteiger partial charge on any atom is -0.396 e. The third-order valence-corrected chi connectivity index (χ3v) is 10.2. The molecule has 0 aliphatic carbocycles. The van der Waals surface area contributed by atoms with Crippen molar-refractivity contribution in [3.63, 3.8) is 0 Å². The molecule has 5 aromatic rings. The average Bonchev–Trinajstić information content (AvgIpc) is 3.88. The molecule has 0 bridgehead atoms. The van der Waals surface area contributed by atoms with Gasteiger partial charge in [-0.15, -0.1) is 11.3 Å². The third kappa shape index (κ3) is 5.96. The molecule has 1 atom stereocenters. The first-order valence-corrected chi connectivity index (χ1v) is 16.7. The van der Waals surface area contributed by atoms with Gasteiger partial charge in [-0.05, 0) is 86.4 Å². The van der Waals surface area contributed by atoms with E-state index in [9.17, 15) is 18.7 Å². The number of amides is 1. The lowest BCUT2D eigenvalue weighted by molar-refractivity contribution is -0.118. The zero-order chi connectivity index (χ0) is 31.8. The van der Waals surface area contributed by atoms with Gasteiger partial charge in [0.1, 0.15) is 0 Å². The van der Waals surface area contributed by atoms with Gasteiger partial charge in [0.05, 0.1) is 17.5 Å². The zero-order valence-electron chi connectivity index (χ0n) is 25.7. The topological polar surface area (TPSA) is 101 Å². The van der Waals surface area contributed by atoms with Crippen molar-refractivity contribution in [2.45, 2.75) is 58.0 Å². The van der Waals surface area contributed by atoms with Gasteiger partial charge in [0.15, 0.2) is 11.2 Å². The number of anilines is 1. The van der Waals surface area contributed by atoms with Gasteiger partial charge in [0.2, 0.25) is 0 Å². The molecular formula is C34H37F2N7O2S. The van der Waals surface area contributed by atoms with E-state index in [0.29, 0.717) is 33.2 Å². The summed E-state index contributed by atoms with van der Waals surface area (Å²) in [6, 6.07) is 8.73. The SMILES string of the molecule is Cc1c(-c2ccc(CCN3CCC(CO)CC3)cc2)cc(C(F)F)c2cn(C(C(=O)Nc3nccs3)c3ncn4c3CCC4)nc12. The number of rotatable bonds is 10. The van der Waals surface area contributed by atoms with Gasteiger partial charge < -0.3 is 14.6 Å². The van der Waals surface area contributed by atoms with E-state index in [4.69, 9.17) is 5.10 Å². The van der Waals surface area contributed by atoms with Crippen molar-refractivity contribution in [2.24, 2.45) is 5.92 Å². The van der Waals surface area contributed by atoms with Gasteiger partial charge in [0, 0.05) is 54.1 Å². The number of piperidine rings is 1. The predicted octanol–water partition coefficient (Wildman–Crippen LogP) is 6.02. The number of aliphatic hydroxyl groups excluding tert-OH is 1. The van der Waals surface area contributed by atoms with Crippen molar-refractivity contribution in [1.29, 1.82) is 0 Å². The van der Waals surface area contributed by atoms with Crippen LogP contribution in [-0.2, 0) is 24.2 Å². The molecule has 2 N–H and O–H groups in total.